The van der Waals surface area contributed by atoms with Crippen LogP contribution in [-0.2, 0) is 6.54 Å². The van der Waals surface area contributed by atoms with Crippen molar-refractivity contribution in [1.29, 1.82) is 0 Å². The molecule has 1 heterocycles. The molecule has 0 spiro atoms. The highest BCUT2D eigenvalue weighted by molar-refractivity contribution is 6.33. The topological polar surface area (TPSA) is 17.8 Å². The molecule has 2 nitrogen and oxygen atoms in total. The Bertz CT molecular complexity index is 477. The lowest BCUT2D eigenvalue weighted by Gasteiger charge is -2.07. The van der Waals surface area contributed by atoms with E-state index in [2.05, 4.69) is 4.98 Å². The van der Waals surface area contributed by atoms with Crippen LogP contribution in [0.2, 0.25) is 10.3 Å². The Balaban J connectivity index is 2.59. The Labute approximate surface area is 98.5 Å². The fourth-order valence-corrected chi connectivity index (χ4v) is 2.03. The first-order chi connectivity index (χ1) is 7.24. The van der Waals surface area contributed by atoms with Gasteiger partial charge in [-0.2, -0.15) is 0 Å². The maximum absolute atomic E-state index is 6.11. The average molecular weight is 241 g/mol. The van der Waals surface area contributed by atoms with Gasteiger partial charge in [0.1, 0.15) is 0 Å². The van der Waals surface area contributed by atoms with E-state index in [1.807, 2.05) is 35.8 Å². The molecule has 0 atom stereocenters. The van der Waals surface area contributed by atoms with E-state index in [9.17, 15) is 0 Å². The summed E-state index contributed by atoms with van der Waals surface area (Å²) in [5.41, 5.74) is 1.91. The fraction of sp³-hybridized carbons (Fsp3) is 0.182. The predicted molar refractivity (Wildman–Crippen MR) is 63.4 cm³/mol. The van der Waals surface area contributed by atoms with E-state index in [1.165, 1.54) is 0 Å². The largest absolute Gasteiger partial charge is 0.315 e. The number of rotatable bonds is 2. The maximum Gasteiger partial charge on any atom is 0.203 e. The van der Waals surface area contributed by atoms with Crippen molar-refractivity contribution in [2.24, 2.45) is 0 Å². The smallest absolute Gasteiger partial charge is 0.203 e. The zero-order valence-electron chi connectivity index (χ0n) is 8.24. The molecular formula is C11H10Cl2N2. The van der Waals surface area contributed by atoms with E-state index < -0.39 is 0 Å². The van der Waals surface area contributed by atoms with Crippen molar-refractivity contribution in [1.82, 2.24) is 9.55 Å². The molecule has 4 heteroatoms. The summed E-state index contributed by atoms with van der Waals surface area (Å²) in [7, 11) is 0. The fourth-order valence-electron chi connectivity index (χ4n) is 1.54. The summed E-state index contributed by atoms with van der Waals surface area (Å²) >= 11 is 12.1. The Hall–Kier alpha value is -0.990. The molecule has 1 aromatic heterocycles. The highest BCUT2D eigenvalue weighted by atomic mass is 35.5. The zero-order valence-corrected chi connectivity index (χ0v) is 9.76. The number of aromatic nitrogens is 2. The molecule has 0 radical (unpaired) electrons. The molecule has 15 heavy (non-hydrogen) atoms. The molecule has 0 aliphatic carbocycles. The minimum Gasteiger partial charge on any atom is -0.315 e. The van der Waals surface area contributed by atoms with Crippen LogP contribution in [0.15, 0.2) is 30.5 Å². The number of hydrogen-bond acceptors (Lipinski definition) is 1. The SMILES string of the molecule is CCn1c(-c2ccccc2Cl)cnc1Cl. The quantitative estimate of drug-likeness (QED) is 0.780. The standard InChI is InChI=1S/C11H10Cl2N2/c1-2-15-10(7-14-11(15)13)8-5-3-4-6-9(8)12/h3-7H,2H2,1H3. The second-order valence-electron chi connectivity index (χ2n) is 3.14. The average Bonchev–Trinajstić information content (AvgIpc) is 2.60. The summed E-state index contributed by atoms with van der Waals surface area (Å²) in [6.45, 7) is 2.80. The van der Waals surface area contributed by atoms with Crippen LogP contribution in [0, 0.1) is 0 Å². The van der Waals surface area contributed by atoms with Crippen molar-refractivity contribution in [3.63, 3.8) is 0 Å². The van der Waals surface area contributed by atoms with Crippen molar-refractivity contribution in [3.05, 3.63) is 40.8 Å². The van der Waals surface area contributed by atoms with Crippen LogP contribution >= 0.6 is 23.2 Å². The van der Waals surface area contributed by atoms with E-state index in [-0.39, 0.29) is 0 Å². The van der Waals surface area contributed by atoms with E-state index in [4.69, 9.17) is 23.2 Å². The predicted octanol–water partition coefficient (Wildman–Crippen LogP) is 3.88. The third-order valence-corrected chi connectivity index (χ3v) is 2.90. The molecule has 0 amide bonds. The summed E-state index contributed by atoms with van der Waals surface area (Å²) in [5, 5.41) is 1.20. The number of halogens is 2. The second kappa shape index (κ2) is 4.25. The van der Waals surface area contributed by atoms with Crippen LogP contribution in [0.25, 0.3) is 11.3 Å². The molecule has 78 valence electrons. The van der Waals surface area contributed by atoms with Gasteiger partial charge in [0.25, 0.3) is 0 Å². The molecule has 0 saturated heterocycles. The summed E-state index contributed by atoms with van der Waals surface area (Å²) in [4.78, 5) is 4.07. The molecule has 0 saturated carbocycles. The van der Waals surface area contributed by atoms with Gasteiger partial charge in [-0.15, -0.1) is 0 Å². The van der Waals surface area contributed by atoms with E-state index in [0.29, 0.717) is 10.3 Å². The Kier molecular flexibility index (Phi) is 2.98. The summed E-state index contributed by atoms with van der Waals surface area (Å²) < 4.78 is 1.92. The van der Waals surface area contributed by atoms with E-state index in [1.54, 1.807) is 6.20 Å². The number of nitrogens with zero attached hydrogens (tertiary/aromatic N) is 2. The number of benzene rings is 1. The first-order valence-corrected chi connectivity index (χ1v) is 5.45. The van der Waals surface area contributed by atoms with Gasteiger partial charge in [-0.25, -0.2) is 4.98 Å². The minimum atomic E-state index is 0.493. The summed E-state index contributed by atoms with van der Waals surface area (Å²) in [6.07, 6.45) is 1.74. The highest BCUT2D eigenvalue weighted by Crippen LogP contribution is 2.29. The third kappa shape index (κ3) is 1.87. The van der Waals surface area contributed by atoms with Gasteiger partial charge in [-0.3, -0.25) is 0 Å². The Morgan fingerprint density at radius 1 is 1.27 bits per heavy atom. The normalized spacial score (nSPS) is 10.6. The minimum absolute atomic E-state index is 0.493. The van der Waals surface area contributed by atoms with Gasteiger partial charge in [0.05, 0.1) is 11.9 Å². The molecule has 0 N–H and O–H groups in total. The zero-order chi connectivity index (χ0) is 10.8. The monoisotopic (exact) mass is 240 g/mol. The van der Waals surface area contributed by atoms with Crippen molar-refractivity contribution < 1.29 is 0 Å². The van der Waals surface area contributed by atoms with Crippen LogP contribution in [0.1, 0.15) is 6.92 Å². The number of hydrogen-bond donors (Lipinski definition) is 0. The lowest BCUT2D eigenvalue weighted by Crippen LogP contribution is -1.97. The van der Waals surface area contributed by atoms with Gasteiger partial charge < -0.3 is 4.57 Å². The van der Waals surface area contributed by atoms with Crippen molar-refractivity contribution in [2.75, 3.05) is 0 Å². The van der Waals surface area contributed by atoms with Gasteiger partial charge in [-0.05, 0) is 24.6 Å². The van der Waals surface area contributed by atoms with Crippen LogP contribution < -0.4 is 0 Å². The maximum atomic E-state index is 6.11. The van der Waals surface area contributed by atoms with Gasteiger partial charge >= 0.3 is 0 Å². The van der Waals surface area contributed by atoms with Crippen molar-refractivity contribution in [2.45, 2.75) is 13.5 Å². The molecular weight excluding hydrogens is 231 g/mol. The first-order valence-electron chi connectivity index (χ1n) is 4.70. The molecule has 0 aliphatic rings. The number of imidazole rings is 1. The van der Waals surface area contributed by atoms with Gasteiger partial charge in [0.2, 0.25) is 5.28 Å². The van der Waals surface area contributed by atoms with Crippen LogP contribution in [-0.4, -0.2) is 9.55 Å². The van der Waals surface area contributed by atoms with E-state index in [0.717, 1.165) is 17.8 Å². The molecule has 2 rings (SSSR count). The van der Waals surface area contributed by atoms with Gasteiger partial charge in [0, 0.05) is 17.1 Å². The molecule has 1 aromatic carbocycles. The molecule has 0 aliphatic heterocycles. The van der Waals surface area contributed by atoms with Crippen molar-refractivity contribution in [3.8, 4) is 11.3 Å². The van der Waals surface area contributed by atoms with Gasteiger partial charge in [-0.1, -0.05) is 29.8 Å². The van der Waals surface area contributed by atoms with Gasteiger partial charge in [0.15, 0.2) is 0 Å². The van der Waals surface area contributed by atoms with Crippen LogP contribution in [0.5, 0.6) is 0 Å². The molecule has 0 fully saturated rings. The van der Waals surface area contributed by atoms with Crippen molar-refractivity contribution >= 4 is 23.2 Å². The first kappa shape index (κ1) is 10.5. The third-order valence-electron chi connectivity index (χ3n) is 2.27. The van der Waals surface area contributed by atoms with Crippen LogP contribution in [0.3, 0.4) is 0 Å². The van der Waals surface area contributed by atoms with Crippen LogP contribution in [0.4, 0.5) is 0 Å². The second-order valence-corrected chi connectivity index (χ2v) is 3.88. The summed E-state index contributed by atoms with van der Waals surface area (Å²) in [6, 6.07) is 7.67. The lowest BCUT2D eigenvalue weighted by atomic mass is 10.1. The molecule has 0 unspecified atom stereocenters. The van der Waals surface area contributed by atoms with E-state index >= 15 is 0 Å². The summed E-state index contributed by atoms with van der Waals surface area (Å²) in [5.74, 6) is 0. The molecule has 0 bridgehead atoms. The Morgan fingerprint density at radius 2 is 2.00 bits per heavy atom. The lowest BCUT2D eigenvalue weighted by molar-refractivity contribution is 0.770. The highest BCUT2D eigenvalue weighted by Gasteiger charge is 2.10. The Morgan fingerprint density at radius 3 is 2.67 bits per heavy atom. The molecule has 2 aromatic rings.